The van der Waals surface area contributed by atoms with E-state index in [2.05, 4.69) is 22.8 Å². The van der Waals surface area contributed by atoms with E-state index in [4.69, 9.17) is 15.1 Å². The van der Waals surface area contributed by atoms with E-state index in [9.17, 15) is 19.6 Å². The number of amides is 1. The maximum absolute atomic E-state index is 13.5. The van der Waals surface area contributed by atoms with Gasteiger partial charge in [-0.1, -0.05) is 29.6 Å². The largest absolute Gasteiger partial charge is 0.389 e. The lowest BCUT2D eigenvalue weighted by Gasteiger charge is -2.42. The number of thiazole rings is 1. The summed E-state index contributed by atoms with van der Waals surface area (Å²) in [5, 5.41) is 25.7. The van der Waals surface area contributed by atoms with Crippen molar-refractivity contribution >= 4 is 49.6 Å². The lowest BCUT2D eigenvalue weighted by molar-refractivity contribution is -0.143. The van der Waals surface area contributed by atoms with Gasteiger partial charge in [-0.3, -0.25) is 9.69 Å². The number of likely N-dealkylation sites (tertiary alicyclic amines) is 1. The summed E-state index contributed by atoms with van der Waals surface area (Å²) in [6, 6.07) is 8.37. The Labute approximate surface area is 244 Å². The number of rotatable bonds is 7. The molecule has 1 aromatic carbocycles. The number of hydrogen-bond donors (Lipinski definition) is 1. The van der Waals surface area contributed by atoms with Crippen molar-refractivity contribution in [3.05, 3.63) is 40.7 Å². The summed E-state index contributed by atoms with van der Waals surface area (Å²) < 4.78 is 15.3. The fraction of sp³-hybridized carbons (Fsp3) is 0.444. The Bertz CT molecular complexity index is 1620. The van der Waals surface area contributed by atoms with E-state index in [0.29, 0.717) is 47.3 Å². The molecule has 1 unspecified atom stereocenters. The number of hydrogen-bond acceptors (Lipinski definition) is 11. The minimum Gasteiger partial charge on any atom is -0.389 e. The predicted octanol–water partition coefficient (Wildman–Crippen LogP) is 2.97. The molecule has 0 radical (unpaired) electrons. The molecule has 41 heavy (non-hydrogen) atoms. The van der Waals surface area contributed by atoms with Crippen LogP contribution in [-0.2, 0) is 11.2 Å². The number of piperazine rings is 1. The van der Waals surface area contributed by atoms with Crippen LogP contribution in [0.1, 0.15) is 24.4 Å². The number of benzene rings is 1. The molecule has 0 bridgehead atoms. The highest BCUT2D eigenvalue weighted by molar-refractivity contribution is 7.20. The van der Waals surface area contributed by atoms with Crippen molar-refractivity contribution in [1.29, 1.82) is 5.26 Å². The van der Waals surface area contributed by atoms with Gasteiger partial charge in [0.25, 0.3) is 0 Å². The van der Waals surface area contributed by atoms with E-state index in [1.54, 1.807) is 17.0 Å². The first-order chi connectivity index (χ1) is 19.7. The highest BCUT2D eigenvalue weighted by Crippen LogP contribution is 2.38. The third kappa shape index (κ3) is 5.14. The van der Waals surface area contributed by atoms with Crippen molar-refractivity contribution in [1.82, 2.24) is 29.4 Å². The molecule has 1 atom stereocenters. The van der Waals surface area contributed by atoms with Crippen LogP contribution in [0.5, 0.6) is 0 Å². The second kappa shape index (κ2) is 11.0. The molecule has 4 aromatic rings. The Morgan fingerprint density at radius 3 is 2.61 bits per heavy atom. The number of carbonyl (C=O) groups is 1. The first kappa shape index (κ1) is 27.5. The van der Waals surface area contributed by atoms with Gasteiger partial charge in [-0.25, -0.2) is 14.4 Å². The van der Waals surface area contributed by atoms with Crippen LogP contribution in [0.2, 0.25) is 0 Å². The SMILES string of the molecule is CCc1nc2sc(N3CCN(CC(=O)N4CC(O)C4)C(C)C3)nn2c1N(C)c1nc(-c2ccc(F)cc2)c(C#N)s1. The standard InChI is InChI=1S/C27H30FN9O2S2/c1-4-20-24(33(3)25-31-23(21(11-29)40-25)17-5-7-18(28)8-6-17)37-26(30-20)41-27(32-37)35-10-9-34(16(2)12-35)15-22(39)36-13-19(38)14-36/h5-8,16,19,38H,4,9-10,12-15H2,1-3H3. The number of nitriles is 1. The predicted molar refractivity (Wildman–Crippen MR) is 156 cm³/mol. The lowest BCUT2D eigenvalue weighted by Crippen LogP contribution is -2.59. The van der Waals surface area contributed by atoms with Gasteiger partial charge in [0, 0.05) is 51.4 Å². The fourth-order valence-corrected chi connectivity index (χ4v) is 7.03. The van der Waals surface area contributed by atoms with Gasteiger partial charge in [-0.15, -0.1) is 5.10 Å². The minimum atomic E-state index is -0.393. The van der Waals surface area contributed by atoms with Crippen molar-refractivity contribution in [2.45, 2.75) is 32.4 Å². The summed E-state index contributed by atoms with van der Waals surface area (Å²) in [6.45, 7) is 7.57. The van der Waals surface area contributed by atoms with Crippen LogP contribution in [0.25, 0.3) is 16.2 Å². The number of β-amino-alcohol motifs (C(OH)–C–C–N with tert-alkyl or cyclic N) is 1. The van der Waals surface area contributed by atoms with Crippen LogP contribution in [-0.4, -0.2) is 98.9 Å². The Balaban J connectivity index is 1.23. The van der Waals surface area contributed by atoms with Gasteiger partial charge in [0.2, 0.25) is 16.0 Å². The average molecular weight is 596 g/mol. The van der Waals surface area contributed by atoms with Crippen LogP contribution in [0.3, 0.4) is 0 Å². The van der Waals surface area contributed by atoms with Crippen LogP contribution in [0.15, 0.2) is 24.3 Å². The summed E-state index contributed by atoms with van der Waals surface area (Å²) in [7, 11) is 1.89. The Hall–Kier alpha value is -3.64. The average Bonchev–Trinajstić information content (AvgIpc) is 3.65. The van der Waals surface area contributed by atoms with E-state index in [1.807, 2.05) is 23.4 Å². The number of anilines is 3. The van der Waals surface area contributed by atoms with Crippen molar-refractivity contribution in [3.63, 3.8) is 0 Å². The monoisotopic (exact) mass is 595 g/mol. The van der Waals surface area contributed by atoms with Crippen LogP contribution < -0.4 is 9.80 Å². The number of aryl methyl sites for hydroxylation is 1. The fourth-order valence-electron chi connectivity index (χ4n) is 5.23. The molecule has 1 N–H and O–H groups in total. The van der Waals surface area contributed by atoms with Crippen LogP contribution in [0, 0.1) is 17.1 Å². The van der Waals surface area contributed by atoms with Gasteiger partial charge in [-0.2, -0.15) is 9.78 Å². The zero-order valence-electron chi connectivity index (χ0n) is 23.0. The molecule has 0 saturated carbocycles. The number of carbonyl (C=O) groups excluding carboxylic acids is 1. The van der Waals surface area contributed by atoms with E-state index in [0.717, 1.165) is 41.2 Å². The number of aliphatic hydroxyl groups is 1. The van der Waals surface area contributed by atoms with Gasteiger partial charge in [-0.05, 0) is 37.6 Å². The topological polar surface area (TPSA) is 117 Å². The maximum atomic E-state index is 13.5. The molecule has 2 saturated heterocycles. The van der Waals surface area contributed by atoms with Crippen molar-refractivity contribution in [3.8, 4) is 17.3 Å². The number of nitrogens with zero attached hydrogens (tertiary/aromatic N) is 9. The highest BCUT2D eigenvalue weighted by Gasteiger charge is 2.33. The van der Waals surface area contributed by atoms with E-state index >= 15 is 0 Å². The molecule has 2 fully saturated rings. The quantitative estimate of drug-likeness (QED) is 0.344. The summed E-state index contributed by atoms with van der Waals surface area (Å²) in [5.41, 5.74) is 2.08. The molecule has 214 valence electrons. The lowest BCUT2D eigenvalue weighted by atomic mass is 10.1. The Kier molecular flexibility index (Phi) is 7.37. The van der Waals surface area contributed by atoms with Crippen molar-refractivity contribution in [2.75, 3.05) is 56.1 Å². The van der Waals surface area contributed by atoms with Crippen molar-refractivity contribution < 1.29 is 14.3 Å². The van der Waals surface area contributed by atoms with Crippen molar-refractivity contribution in [2.24, 2.45) is 0 Å². The minimum absolute atomic E-state index is 0.0624. The third-order valence-electron chi connectivity index (χ3n) is 7.60. The van der Waals surface area contributed by atoms with E-state index in [1.165, 1.54) is 34.8 Å². The van der Waals surface area contributed by atoms with Gasteiger partial charge in [0.1, 0.15) is 22.5 Å². The molecule has 2 aliphatic heterocycles. The molecule has 6 rings (SSSR count). The first-order valence-corrected chi connectivity index (χ1v) is 15.1. The molecule has 0 spiro atoms. The summed E-state index contributed by atoms with van der Waals surface area (Å²) in [5.74, 6) is 0.514. The molecule has 0 aliphatic carbocycles. The number of aliphatic hydroxyl groups excluding tert-OH is 1. The molecule has 5 heterocycles. The number of imidazole rings is 1. The number of aromatic nitrogens is 4. The molecule has 1 amide bonds. The first-order valence-electron chi connectivity index (χ1n) is 13.5. The van der Waals surface area contributed by atoms with Gasteiger partial charge >= 0.3 is 0 Å². The highest BCUT2D eigenvalue weighted by atomic mass is 32.1. The summed E-state index contributed by atoms with van der Waals surface area (Å²) >= 11 is 2.80. The van der Waals surface area contributed by atoms with E-state index < -0.39 is 6.10 Å². The van der Waals surface area contributed by atoms with E-state index in [-0.39, 0.29) is 17.8 Å². The molecule has 11 nitrogen and oxygen atoms in total. The van der Waals surface area contributed by atoms with Gasteiger partial charge in [0.05, 0.1) is 18.3 Å². The Morgan fingerprint density at radius 1 is 1.20 bits per heavy atom. The molecule has 2 aliphatic rings. The third-order valence-corrected chi connectivity index (χ3v) is 9.61. The molecular weight excluding hydrogens is 565 g/mol. The zero-order chi connectivity index (χ0) is 28.8. The smallest absolute Gasteiger partial charge is 0.236 e. The second-order valence-corrected chi connectivity index (χ2v) is 12.3. The molecule has 3 aromatic heterocycles. The maximum Gasteiger partial charge on any atom is 0.236 e. The van der Waals surface area contributed by atoms with Gasteiger partial charge < -0.3 is 19.8 Å². The van der Waals surface area contributed by atoms with Gasteiger partial charge in [0.15, 0.2) is 10.9 Å². The normalized spacial score (nSPS) is 18.1. The Morgan fingerprint density at radius 2 is 1.95 bits per heavy atom. The van der Waals surface area contributed by atoms with Crippen LogP contribution >= 0.6 is 22.7 Å². The second-order valence-electron chi connectivity index (χ2n) is 10.4. The summed E-state index contributed by atoms with van der Waals surface area (Å²) in [6.07, 6.45) is 0.305. The van der Waals surface area contributed by atoms with Crippen LogP contribution in [0.4, 0.5) is 20.5 Å². The number of fused-ring (bicyclic) bond motifs is 1. The molecule has 14 heteroatoms. The summed E-state index contributed by atoms with van der Waals surface area (Å²) in [4.78, 5) is 31.4. The molecular formula is C27H30FN9O2S2. The number of halogens is 1. The zero-order valence-corrected chi connectivity index (χ0v) is 24.6.